The fourth-order valence-corrected chi connectivity index (χ4v) is 4.49. The molecule has 4 rings (SSSR count). The van der Waals surface area contributed by atoms with Crippen LogP contribution in [-0.4, -0.2) is 18.9 Å². The van der Waals surface area contributed by atoms with Crippen molar-refractivity contribution in [3.63, 3.8) is 0 Å². The van der Waals surface area contributed by atoms with Gasteiger partial charge in [0.15, 0.2) is 5.78 Å². The number of fused-ring (bicyclic) bond motifs is 1. The molecule has 30 heavy (non-hydrogen) atoms. The number of rotatable bonds is 6. The number of carbonyl (C=O) groups is 1. The van der Waals surface area contributed by atoms with Gasteiger partial charge in [-0.15, -0.1) is 0 Å². The molecule has 154 valence electrons. The minimum Gasteiger partial charge on any atom is -0.484 e. The first-order valence-corrected chi connectivity index (χ1v) is 10.8. The quantitative estimate of drug-likeness (QED) is 0.489. The second kappa shape index (κ2) is 8.74. The van der Waals surface area contributed by atoms with E-state index in [0.29, 0.717) is 11.3 Å². The Bertz CT molecular complexity index is 993. The molecular formula is C27H29NO2. The third kappa shape index (κ3) is 3.72. The van der Waals surface area contributed by atoms with Crippen LogP contribution in [0, 0.1) is 5.92 Å². The Morgan fingerprint density at radius 1 is 0.867 bits per heavy atom. The molecule has 3 unspecified atom stereocenters. The second-order valence-corrected chi connectivity index (χ2v) is 7.89. The van der Waals surface area contributed by atoms with Gasteiger partial charge in [-0.25, -0.2) is 0 Å². The summed E-state index contributed by atoms with van der Waals surface area (Å²) in [7, 11) is 0. The van der Waals surface area contributed by atoms with Crippen molar-refractivity contribution in [2.45, 2.75) is 32.8 Å². The number of Topliss-reactive ketones (excluding diaryl/α,β-unsaturated/α-hetero) is 1. The largest absolute Gasteiger partial charge is 0.484 e. The third-order valence-corrected chi connectivity index (χ3v) is 6.25. The maximum Gasteiger partial charge on any atom is 0.174 e. The van der Waals surface area contributed by atoms with Crippen LogP contribution in [0.5, 0.6) is 5.75 Å². The lowest BCUT2D eigenvalue weighted by Crippen LogP contribution is -2.35. The Balaban J connectivity index is 1.71. The summed E-state index contributed by atoms with van der Waals surface area (Å²) in [6.07, 6.45) is -0.300. The van der Waals surface area contributed by atoms with E-state index in [9.17, 15) is 4.79 Å². The average Bonchev–Trinajstić information content (AvgIpc) is 2.80. The van der Waals surface area contributed by atoms with Crippen molar-refractivity contribution in [1.29, 1.82) is 0 Å². The summed E-state index contributed by atoms with van der Waals surface area (Å²) >= 11 is 0. The minimum atomic E-state index is -0.300. The molecule has 0 bridgehead atoms. The Kier molecular flexibility index (Phi) is 5.89. The number of anilines is 1. The highest BCUT2D eigenvalue weighted by Gasteiger charge is 2.41. The molecule has 0 amide bonds. The monoisotopic (exact) mass is 399 g/mol. The van der Waals surface area contributed by atoms with Crippen LogP contribution in [0.15, 0.2) is 78.9 Å². The molecule has 0 fully saturated rings. The van der Waals surface area contributed by atoms with Crippen LogP contribution < -0.4 is 9.64 Å². The summed E-state index contributed by atoms with van der Waals surface area (Å²) in [6.45, 7) is 8.43. The Hall–Kier alpha value is -3.07. The molecule has 3 aromatic carbocycles. The van der Waals surface area contributed by atoms with Gasteiger partial charge in [-0.3, -0.25) is 4.79 Å². The zero-order valence-electron chi connectivity index (χ0n) is 17.9. The minimum absolute atomic E-state index is 0.0295. The van der Waals surface area contributed by atoms with Crippen LogP contribution in [0.1, 0.15) is 54.3 Å². The number of nitrogens with zero attached hydrogens (tertiary/aromatic N) is 1. The first kappa shape index (κ1) is 20.2. The average molecular weight is 400 g/mol. The van der Waals surface area contributed by atoms with Gasteiger partial charge in [-0.2, -0.15) is 0 Å². The Labute approximate surface area is 179 Å². The van der Waals surface area contributed by atoms with Gasteiger partial charge in [0.25, 0.3) is 0 Å². The summed E-state index contributed by atoms with van der Waals surface area (Å²) in [4.78, 5) is 15.9. The topological polar surface area (TPSA) is 29.5 Å². The van der Waals surface area contributed by atoms with Crippen LogP contribution in [-0.2, 0) is 0 Å². The highest BCUT2D eigenvalue weighted by atomic mass is 16.5. The van der Waals surface area contributed by atoms with Gasteiger partial charge in [0.1, 0.15) is 11.9 Å². The normalized spacial score (nSPS) is 19.0. The number of hydrogen-bond donors (Lipinski definition) is 0. The van der Waals surface area contributed by atoms with E-state index in [1.807, 2.05) is 42.5 Å². The SMILES string of the molecule is CCN(CC)c1ccc(C(C)C2C(=O)c3ccccc3OC2c2ccccc2)cc1. The van der Waals surface area contributed by atoms with E-state index in [4.69, 9.17) is 4.74 Å². The molecule has 3 atom stereocenters. The highest BCUT2D eigenvalue weighted by molar-refractivity contribution is 6.02. The maximum atomic E-state index is 13.6. The molecule has 1 heterocycles. The number of carbonyl (C=O) groups excluding carboxylic acids is 1. The summed E-state index contributed by atoms with van der Waals surface area (Å²) in [6, 6.07) is 26.4. The van der Waals surface area contributed by atoms with Crippen LogP contribution in [0.2, 0.25) is 0 Å². The van der Waals surface area contributed by atoms with E-state index in [1.165, 1.54) is 5.69 Å². The molecule has 1 aliphatic rings. The molecule has 0 aromatic heterocycles. The van der Waals surface area contributed by atoms with E-state index < -0.39 is 0 Å². The van der Waals surface area contributed by atoms with Gasteiger partial charge in [0.05, 0.1) is 11.5 Å². The molecule has 0 spiro atoms. The molecular weight excluding hydrogens is 370 g/mol. The molecule has 0 radical (unpaired) electrons. The predicted molar refractivity (Wildman–Crippen MR) is 122 cm³/mol. The maximum absolute atomic E-state index is 13.6. The van der Waals surface area contributed by atoms with Crippen molar-refractivity contribution in [2.75, 3.05) is 18.0 Å². The van der Waals surface area contributed by atoms with Crippen LogP contribution in [0.3, 0.4) is 0 Å². The number of benzene rings is 3. The number of ether oxygens (including phenoxy) is 1. The summed E-state index contributed by atoms with van der Waals surface area (Å²) < 4.78 is 6.41. The van der Waals surface area contributed by atoms with E-state index >= 15 is 0 Å². The zero-order valence-corrected chi connectivity index (χ0v) is 17.9. The van der Waals surface area contributed by atoms with Gasteiger partial charge < -0.3 is 9.64 Å². The van der Waals surface area contributed by atoms with Gasteiger partial charge >= 0.3 is 0 Å². The number of ketones is 1. The highest BCUT2D eigenvalue weighted by Crippen LogP contribution is 2.45. The fourth-order valence-electron chi connectivity index (χ4n) is 4.49. The summed E-state index contributed by atoms with van der Waals surface area (Å²) in [5.74, 6) is 0.589. The van der Waals surface area contributed by atoms with E-state index in [-0.39, 0.29) is 23.7 Å². The van der Waals surface area contributed by atoms with E-state index in [2.05, 4.69) is 62.1 Å². The van der Waals surface area contributed by atoms with Crippen molar-refractivity contribution in [3.05, 3.63) is 95.6 Å². The van der Waals surface area contributed by atoms with E-state index in [1.54, 1.807) is 0 Å². The lowest BCUT2D eigenvalue weighted by Gasteiger charge is -2.36. The number of para-hydroxylation sites is 1. The molecule has 3 nitrogen and oxygen atoms in total. The second-order valence-electron chi connectivity index (χ2n) is 7.89. The van der Waals surface area contributed by atoms with Crippen molar-refractivity contribution < 1.29 is 9.53 Å². The van der Waals surface area contributed by atoms with Gasteiger partial charge in [0, 0.05) is 18.8 Å². The molecule has 1 aliphatic heterocycles. The summed E-state index contributed by atoms with van der Waals surface area (Å²) in [5.41, 5.74) is 4.10. The molecule has 0 aliphatic carbocycles. The van der Waals surface area contributed by atoms with Crippen molar-refractivity contribution in [1.82, 2.24) is 0 Å². The standard InChI is InChI=1S/C27H29NO2/c1-4-28(5-2)22-17-15-20(16-18-22)19(3)25-26(29)23-13-9-10-14-24(23)30-27(25)21-11-7-6-8-12-21/h6-19,25,27H,4-5H2,1-3H3. The first-order valence-electron chi connectivity index (χ1n) is 10.8. The smallest absolute Gasteiger partial charge is 0.174 e. The third-order valence-electron chi connectivity index (χ3n) is 6.25. The Morgan fingerprint density at radius 3 is 2.17 bits per heavy atom. The molecule has 0 saturated carbocycles. The molecule has 3 heteroatoms. The summed E-state index contributed by atoms with van der Waals surface area (Å²) in [5, 5.41) is 0. The first-order chi connectivity index (χ1) is 14.6. The molecule has 0 saturated heterocycles. The molecule has 0 N–H and O–H groups in total. The Morgan fingerprint density at radius 2 is 1.50 bits per heavy atom. The van der Waals surface area contributed by atoms with Crippen molar-refractivity contribution in [3.8, 4) is 5.75 Å². The number of hydrogen-bond acceptors (Lipinski definition) is 3. The van der Waals surface area contributed by atoms with E-state index in [0.717, 1.165) is 24.2 Å². The van der Waals surface area contributed by atoms with Crippen molar-refractivity contribution >= 4 is 11.5 Å². The van der Waals surface area contributed by atoms with Crippen LogP contribution in [0.25, 0.3) is 0 Å². The van der Waals surface area contributed by atoms with Gasteiger partial charge in [-0.05, 0) is 55.2 Å². The van der Waals surface area contributed by atoms with Gasteiger partial charge in [0.2, 0.25) is 0 Å². The molecule has 3 aromatic rings. The lowest BCUT2D eigenvalue weighted by molar-refractivity contribution is 0.0606. The van der Waals surface area contributed by atoms with Crippen LogP contribution in [0.4, 0.5) is 5.69 Å². The lowest BCUT2D eigenvalue weighted by atomic mass is 9.75. The zero-order chi connectivity index (χ0) is 21.1. The fraction of sp³-hybridized carbons (Fsp3) is 0.296. The van der Waals surface area contributed by atoms with Gasteiger partial charge in [-0.1, -0.05) is 61.5 Å². The predicted octanol–water partition coefficient (Wildman–Crippen LogP) is 6.27. The van der Waals surface area contributed by atoms with Crippen molar-refractivity contribution in [2.24, 2.45) is 5.92 Å². The van der Waals surface area contributed by atoms with Crippen LogP contribution >= 0.6 is 0 Å².